The van der Waals surface area contributed by atoms with Crippen molar-refractivity contribution in [2.75, 3.05) is 0 Å². The summed E-state index contributed by atoms with van der Waals surface area (Å²) in [6.07, 6.45) is 2.02. The molecule has 0 unspecified atom stereocenters. The number of benzene rings is 2. The van der Waals surface area contributed by atoms with E-state index in [4.69, 9.17) is 0 Å². The Morgan fingerprint density at radius 1 is 0.944 bits per heavy atom. The number of aryl methyl sites for hydroxylation is 1. The summed E-state index contributed by atoms with van der Waals surface area (Å²) in [5.41, 5.74) is 3.92. The molecule has 0 fully saturated rings. The van der Waals surface area contributed by atoms with Gasteiger partial charge in [0.25, 0.3) is 0 Å². The highest BCUT2D eigenvalue weighted by molar-refractivity contribution is 7.13. The van der Waals surface area contributed by atoms with Gasteiger partial charge in [-0.3, -0.25) is 0 Å². The monoisotopic (exact) mass is 253 g/mol. The van der Waals surface area contributed by atoms with Gasteiger partial charge in [0.05, 0.1) is 10.4 Å². The zero-order valence-corrected chi connectivity index (χ0v) is 11.2. The van der Waals surface area contributed by atoms with Crippen LogP contribution in [0.25, 0.3) is 10.1 Å². The van der Waals surface area contributed by atoms with E-state index in [0.717, 1.165) is 12.8 Å². The van der Waals surface area contributed by atoms with Crippen molar-refractivity contribution in [3.8, 4) is 0 Å². The van der Waals surface area contributed by atoms with Crippen LogP contribution in [0.15, 0.2) is 48.5 Å². The van der Waals surface area contributed by atoms with Crippen molar-refractivity contribution < 1.29 is 0 Å². The fraction of sp³-hybridized carbons (Fsp3) is 0.188. The van der Waals surface area contributed by atoms with Gasteiger partial charge in [0.2, 0.25) is 0 Å². The molecule has 3 rings (SSSR count). The summed E-state index contributed by atoms with van der Waals surface area (Å²) >= 11 is 1.59. The maximum absolute atomic E-state index is 4.57. The van der Waals surface area contributed by atoms with Crippen LogP contribution in [-0.2, 0) is 12.8 Å². The van der Waals surface area contributed by atoms with E-state index in [0.29, 0.717) is 0 Å². The Morgan fingerprint density at radius 2 is 1.67 bits per heavy atom. The summed E-state index contributed by atoms with van der Waals surface area (Å²) in [4.78, 5) is 0. The number of rotatable bonds is 3. The molecule has 18 heavy (non-hydrogen) atoms. The fourth-order valence-electron chi connectivity index (χ4n) is 2.15. The van der Waals surface area contributed by atoms with Gasteiger partial charge in [-0.25, -0.2) is 0 Å². The Bertz CT molecular complexity index is 652. The van der Waals surface area contributed by atoms with Crippen molar-refractivity contribution in [2.24, 2.45) is 0 Å². The smallest absolute Gasteiger partial charge is 0.0664 e. The normalized spacial score (nSPS) is 10.9. The SMILES string of the molecule is CCc1ccc(Cc2nsc3ccccc23)cc1. The molecule has 1 heterocycles. The average molecular weight is 253 g/mol. The van der Waals surface area contributed by atoms with Gasteiger partial charge in [-0.05, 0) is 35.1 Å². The van der Waals surface area contributed by atoms with Crippen LogP contribution in [-0.4, -0.2) is 4.37 Å². The second kappa shape index (κ2) is 4.91. The maximum Gasteiger partial charge on any atom is 0.0664 e. The fourth-order valence-corrected chi connectivity index (χ4v) is 2.95. The Labute approximate surface area is 111 Å². The van der Waals surface area contributed by atoms with Crippen LogP contribution in [0.5, 0.6) is 0 Å². The summed E-state index contributed by atoms with van der Waals surface area (Å²) in [6.45, 7) is 2.18. The van der Waals surface area contributed by atoms with E-state index in [1.54, 1.807) is 11.5 Å². The van der Waals surface area contributed by atoms with E-state index in [-0.39, 0.29) is 0 Å². The van der Waals surface area contributed by atoms with E-state index < -0.39 is 0 Å². The Balaban J connectivity index is 1.91. The van der Waals surface area contributed by atoms with Crippen LogP contribution in [0.1, 0.15) is 23.7 Å². The lowest BCUT2D eigenvalue weighted by molar-refractivity contribution is 1.11. The van der Waals surface area contributed by atoms with Gasteiger partial charge < -0.3 is 0 Å². The number of fused-ring (bicyclic) bond motifs is 1. The summed E-state index contributed by atoms with van der Waals surface area (Å²) in [7, 11) is 0. The number of nitrogens with zero attached hydrogens (tertiary/aromatic N) is 1. The molecule has 0 aliphatic carbocycles. The molecule has 2 aromatic carbocycles. The minimum Gasteiger partial charge on any atom is -0.196 e. The molecule has 0 atom stereocenters. The Kier molecular flexibility index (Phi) is 3.11. The first-order valence-corrected chi connectivity index (χ1v) is 7.05. The molecule has 1 nitrogen and oxygen atoms in total. The summed E-state index contributed by atoms with van der Waals surface area (Å²) in [6, 6.07) is 17.3. The van der Waals surface area contributed by atoms with Gasteiger partial charge in [-0.1, -0.05) is 49.4 Å². The molecular weight excluding hydrogens is 238 g/mol. The first-order valence-electron chi connectivity index (χ1n) is 6.28. The number of hydrogen-bond donors (Lipinski definition) is 0. The van der Waals surface area contributed by atoms with Crippen molar-refractivity contribution >= 4 is 21.6 Å². The molecule has 90 valence electrons. The van der Waals surface area contributed by atoms with E-state index in [1.807, 2.05) is 0 Å². The van der Waals surface area contributed by atoms with Gasteiger partial charge in [0.1, 0.15) is 0 Å². The molecule has 0 aliphatic heterocycles. The highest BCUT2D eigenvalue weighted by Gasteiger charge is 2.06. The van der Waals surface area contributed by atoms with Crippen LogP contribution < -0.4 is 0 Å². The molecule has 1 aromatic heterocycles. The molecule has 2 heteroatoms. The first kappa shape index (κ1) is 11.4. The predicted molar refractivity (Wildman–Crippen MR) is 78.2 cm³/mol. The number of hydrogen-bond acceptors (Lipinski definition) is 2. The third-order valence-electron chi connectivity index (χ3n) is 3.25. The topological polar surface area (TPSA) is 12.9 Å². The molecule has 0 aliphatic rings. The highest BCUT2D eigenvalue weighted by atomic mass is 32.1. The van der Waals surface area contributed by atoms with E-state index >= 15 is 0 Å². The van der Waals surface area contributed by atoms with Crippen LogP contribution in [0.3, 0.4) is 0 Å². The van der Waals surface area contributed by atoms with Crippen molar-refractivity contribution in [3.05, 3.63) is 65.4 Å². The number of aromatic nitrogens is 1. The second-order valence-electron chi connectivity index (χ2n) is 4.47. The largest absolute Gasteiger partial charge is 0.196 e. The predicted octanol–water partition coefficient (Wildman–Crippen LogP) is 4.45. The molecule has 3 aromatic rings. The molecule has 0 radical (unpaired) electrons. The van der Waals surface area contributed by atoms with Crippen LogP contribution in [0.2, 0.25) is 0 Å². The highest BCUT2D eigenvalue weighted by Crippen LogP contribution is 2.24. The van der Waals surface area contributed by atoms with E-state index in [1.165, 1.54) is 26.9 Å². The minimum absolute atomic E-state index is 0.925. The van der Waals surface area contributed by atoms with Crippen LogP contribution in [0, 0.1) is 0 Å². The van der Waals surface area contributed by atoms with Gasteiger partial charge in [-0.15, -0.1) is 0 Å². The van der Waals surface area contributed by atoms with Crippen molar-refractivity contribution in [1.29, 1.82) is 0 Å². The average Bonchev–Trinajstić information content (AvgIpc) is 2.83. The molecule has 0 N–H and O–H groups in total. The van der Waals surface area contributed by atoms with E-state index in [9.17, 15) is 0 Å². The van der Waals surface area contributed by atoms with Crippen molar-refractivity contribution in [2.45, 2.75) is 19.8 Å². The lowest BCUT2D eigenvalue weighted by Crippen LogP contribution is -1.89. The van der Waals surface area contributed by atoms with Gasteiger partial charge in [-0.2, -0.15) is 4.37 Å². The Hall–Kier alpha value is -1.67. The van der Waals surface area contributed by atoms with Gasteiger partial charge in [0.15, 0.2) is 0 Å². The molecule has 0 spiro atoms. The molecule has 0 amide bonds. The standard InChI is InChI=1S/C16H15NS/c1-2-12-7-9-13(10-8-12)11-15-14-5-3-4-6-16(14)18-17-15/h3-10H,2,11H2,1H3. The van der Waals surface area contributed by atoms with Crippen molar-refractivity contribution in [3.63, 3.8) is 0 Å². The molecular formula is C16H15NS. The maximum atomic E-state index is 4.57. The quantitative estimate of drug-likeness (QED) is 0.672. The van der Waals surface area contributed by atoms with Crippen LogP contribution >= 0.6 is 11.5 Å². The summed E-state index contributed by atoms with van der Waals surface area (Å²) in [5, 5.41) is 1.29. The Morgan fingerprint density at radius 3 is 2.44 bits per heavy atom. The van der Waals surface area contributed by atoms with Crippen molar-refractivity contribution in [1.82, 2.24) is 4.37 Å². The molecule has 0 bridgehead atoms. The lowest BCUT2D eigenvalue weighted by Gasteiger charge is -2.01. The molecule has 0 saturated carbocycles. The zero-order chi connectivity index (χ0) is 12.4. The van der Waals surface area contributed by atoms with Gasteiger partial charge in [0, 0.05) is 11.8 Å². The van der Waals surface area contributed by atoms with Crippen LogP contribution in [0.4, 0.5) is 0 Å². The van der Waals surface area contributed by atoms with Gasteiger partial charge >= 0.3 is 0 Å². The second-order valence-corrected chi connectivity index (χ2v) is 5.28. The third kappa shape index (κ3) is 2.16. The molecule has 0 saturated heterocycles. The van der Waals surface area contributed by atoms with E-state index in [2.05, 4.69) is 59.8 Å². The minimum atomic E-state index is 0.925. The first-order chi connectivity index (χ1) is 8.86. The summed E-state index contributed by atoms with van der Waals surface area (Å²) in [5.74, 6) is 0. The zero-order valence-electron chi connectivity index (χ0n) is 10.4. The lowest BCUT2D eigenvalue weighted by atomic mass is 10.0. The third-order valence-corrected chi connectivity index (χ3v) is 4.12. The summed E-state index contributed by atoms with van der Waals surface area (Å²) < 4.78 is 5.85.